The number of aliphatic hydroxyl groups is 2. The van der Waals surface area contributed by atoms with Gasteiger partial charge in [-0.2, -0.15) is 0 Å². The minimum absolute atomic E-state index is 0.0285. The summed E-state index contributed by atoms with van der Waals surface area (Å²) >= 11 is 0. The number of ether oxygens (including phenoxy) is 5. The van der Waals surface area contributed by atoms with Gasteiger partial charge in [-0.05, 0) is 109 Å². The van der Waals surface area contributed by atoms with Crippen LogP contribution >= 0.6 is 0 Å². The molecule has 0 saturated carbocycles. The summed E-state index contributed by atoms with van der Waals surface area (Å²) in [6.07, 6.45) is 57.5. The van der Waals surface area contributed by atoms with Crippen LogP contribution in [-0.2, 0) is 42.9 Å². The number of hydrogen-bond acceptors (Lipinski definition) is 11. The molecule has 0 spiro atoms. The van der Waals surface area contributed by atoms with Crippen LogP contribution in [0.3, 0.4) is 0 Å². The summed E-state index contributed by atoms with van der Waals surface area (Å²) in [6, 6.07) is 0. The third kappa shape index (κ3) is 39.9. The molecule has 1 fully saturated rings. The minimum Gasteiger partial charge on any atom is -0.479 e. The lowest BCUT2D eigenvalue weighted by molar-refractivity contribution is -0.301. The van der Waals surface area contributed by atoms with Crippen LogP contribution in [-0.4, -0.2) is 89.2 Å². The summed E-state index contributed by atoms with van der Waals surface area (Å²) in [6.45, 7) is 5.57. The van der Waals surface area contributed by atoms with E-state index in [1.165, 1.54) is 12.8 Å². The van der Waals surface area contributed by atoms with Gasteiger partial charge in [0, 0.05) is 12.8 Å². The average molecular weight is 1050 g/mol. The molecule has 1 aliphatic heterocycles. The lowest BCUT2D eigenvalue weighted by Crippen LogP contribution is -2.61. The Hall–Kier alpha value is -5.14. The van der Waals surface area contributed by atoms with Gasteiger partial charge in [-0.15, -0.1) is 0 Å². The van der Waals surface area contributed by atoms with Crippen molar-refractivity contribution in [2.45, 2.75) is 225 Å². The van der Waals surface area contributed by atoms with Crippen LogP contribution in [0.25, 0.3) is 0 Å². The number of carbonyl (C=O) groups excluding carboxylic acids is 3. The number of aliphatic hydroxyl groups excluding tert-OH is 2. The van der Waals surface area contributed by atoms with Crippen LogP contribution in [0.1, 0.15) is 188 Å². The van der Waals surface area contributed by atoms with Gasteiger partial charge in [-0.3, -0.25) is 14.4 Å². The molecule has 420 valence electrons. The molecule has 6 unspecified atom stereocenters. The number of carboxylic acid groups (broad SMARTS) is 1. The third-order valence-corrected chi connectivity index (χ3v) is 11.7. The molecule has 1 heterocycles. The molecule has 1 rings (SSSR count). The first-order valence-electron chi connectivity index (χ1n) is 28.2. The smallest absolute Gasteiger partial charge is 0.335 e. The first-order chi connectivity index (χ1) is 36.6. The van der Waals surface area contributed by atoms with E-state index in [9.17, 15) is 34.5 Å². The molecule has 0 radical (unpaired) electrons. The van der Waals surface area contributed by atoms with Crippen molar-refractivity contribution in [3.8, 4) is 0 Å². The Morgan fingerprint density at radius 1 is 0.467 bits per heavy atom. The zero-order chi connectivity index (χ0) is 54.7. The Balaban J connectivity index is 2.79. The van der Waals surface area contributed by atoms with Crippen molar-refractivity contribution < 1.29 is 58.2 Å². The highest BCUT2D eigenvalue weighted by Crippen LogP contribution is 2.26. The third-order valence-electron chi connectivity index (χ3n) is 11.7. The monoisotopic (exact) mass is 1040 g/mol. The van der Waals surface area contributed by atoms with Gasteiger partial charge in [-0.1, -0.05) is 193 Å². The van der Waals surface area contributed by atoms with E-state index < -0.39 is 67.3 Å². The van der Waals surface area contributed by atoms with Crippen molar-refractivity contribution in [2.24, 2.45) is 0 Å². The van der Waals surface area contributed by atoms with E-state index in [-0.39, 0.29) is 25.9 Å². The molecule has 0 aromatic rings. The fraction of sp³-hybridized carbons (Fsp3) is 0.587. The van der Waals surface area contributed by atoms with E-state index >= 15 is 0 Å². The summed E-state index contributed by atoms with van der Waals surface area (Å²) < 4.78 is 28.2. The van der Waals surface area contributed by atoms with Gasteiger partial charge in [-0.25, -0.2) is 4.79 Å². The predicted molar refractivity (Wildman–Crippen MR) is 303 cm³/mol. The second-order valence-corrected chi connectivity index (χ2v) is 18.5. The molecule has 0 aromatic carbocycles. The number of carbonyl (C=O) groups is 4. The Labute approximate surface area is 451 Å². The van der Waals surface area contributed by atoms with Crippen LogP contribution in [0, 0.1) is 0 Å². The van der Waals surface area contributed by atoms with Crippen LogP contribution in [0.2, 0.25) is 0 Å². The fourth-order valence-corrected chi connectivity index (χ4v) is 7.45. The highest BCUT2D eigenvalue weighted by Gasteiger charge is 2.50. The topological polar surface area (TPSA) is 175 Å². The van der Waals surface area contributed by atoms with Crippen molar-refractivity contribution >= 4 is 23.9 Å². The molecular formula is C63H96O12. The second-order valence-electron chi connectivity index (χ2n) is 18.5. The van der Waals surface area contributed by atoms with Crippen LogP contribution in [0.15, 0.2) is 134 Å². The lowest BCUT2D eigenvalue weighted by Gasteiger charge is -2.40. The quantitative estimate of drug-likeness (QED) is 0.0228. The Kier molecular flexibility index (Phi) is 45.0. The number of aliphatic carboxylic acids is 1. The Bertz CT molecular complexity index is 1810. The maximum atomic E-state index is 13.1. The van der Waals surface area contributed by atoms with Crippen molar-refractivity contribution in [2.75, 3.05) is 13.2 Å². The van der Waals surface area contributed by atoms with Crippen molar-refractivity contribution in [1.29, 1.82) is 0 Å². The fourth-order valence-electron chi connectivity index (χ4n) is 7.45. The standard InChI is InChI=1S/C63H96O12/c1-4-7-10-13-16-19-22-24-26-27-28-29-31-32-35-37-40-43-46-49-55(64)71-52-54(73-56(65)50-47-44-41-39-36-33-30-25-23-20-17-14-11-8-5-2)53-72-63-61(59(68)58(67)60(75-63)62(69)70)74-57(66)51-48-45-42-38-34-21-18-15-12-9-6-3/h7-8,10-11,15-20,24-26,28-30,32,35-36,39,44,47,54,58-61,63,67-68H,4-6,9,12-14,21-23,27,31,33-34,37-38,40-43,45-46,48-53H2,1-3H3,(H,69,70)/b10-7-,11-8-,18-15-,19-16-,20-17-,26-24-,29-28-,30-25-,35-32-,39-36-,47-44-. The summed E-state index contributed by atoms with van der Waals surface area (Å²) in [5.74, 6) is -3.37. The average Bonchev–Trinajstić information content (AvgIpc) is 3.39. The molecule has 0 aliphatic carbocycles. The first-order valence-corrected chi connectivity index (χ1v) is 28.2. The van der Waals surface area contributed by atoms with Crippen LogP contribution < -0.4 is 0 Å². The molecular weight excluding hydrogens is 949 g/mol. The van der Waals surface area contributed by atoms with Gasteiger partial charge in [0.05, 0.1) is 13.0 Å². The summed E-state index contributed by atoms with van der Waals surface area (Å²) in [7, 11) is 0. The largest absolute Gasteiger partial charge is 0.479 e. The molecule has 6 atom stereocenters. The van der Waals surface area contributed by atoms with Gasteiger partial charge in [0.25, 0.3) is 0 Å². The highest BCUT2D eigenvalue weighted by atomic mass is 16.7. The Morgan fingerprint density at radius 3 is 1.37 bits per heavy atom. The zero-order valence-corrected chi connectivity index (χ0v) is 46.0. The van der Waals surface area contributed by atoms with Gasteiger partial charge in [0.15, 0.2) is 24.6 Å². The molecule has 0 bridgehead atoms. The number of carboxylic acids is 1. The van der Waals surface area contributed by atoms with Gasteiger partial charge in [0.1, 0.15) is 18.8 Å². The SMILES string of the molecule is CC/C=C\C/C=C\C/C=C\C/C=C\C/C=C\CCCCCC(=O)OCC(COC1OC(C(=O)O)C(O)C(O)C1OC(=O)CCCCCCC/C=C\CCCC)OC(=O)C/C=C\C/C=C\C/C=C\C/C=C\C/C=C\CC. The molecule has 1 aliphatic rings. The van der Waals surface area contributed by atoms with Gasteiger partial charge < -0.3 is 39.0 Å². The van der Waals surface area contributed by atoms with Crippen molar-refractivity contribution in [3.05, 3.63) is 134 Å². The highest BCUT2D eigenvalue weighted by molar-refractivity contribution is 5.74. The predicted octanol–water partition coefficient (Wildman–Crippen LogP) is 14.2. The molecule has 75 heavy (non-hydrogen) atoms. The first kappa shape index (κ1) is 67.9. The molecule has 3 N–H and O–H groups in total. The maximum Gasteiger partial charge on any atom is 0.335 e. The summed E-state index contributed by atoms with van der Waals surface area (Å²) in [5.41, 5.74) is 0. The number of rotatable bonds is 45. The van der Waals surface area contributed by atoms with Crippen LogP contribution in [0.5, 0.6) is 0 Å². The summed E-state index contributed by atoms with van der Waals surface area (Å²) in [4.78, 5) is 50.9. The van der Waals surface area contributed by atoms with E-state index in [0.717, 1.165) is 116 Å². The number of unbranched alkanes of at least 4 members (excludes halogenated alkanes) is 10. The van der Waals surface area contributed by atoms with Gasteiger partial charge >= 0.3 is 23.9 Å². The van der Waals surface area contributed by atoms with Crippen LogP contribution in [0.4, 0.5) is 0 Å². The molecule has 0 amide bonds. The number of allylic oxidation sites excluding steroid dienone is 21. The maximum absolute atomic E-state index is 13.1. The normalized spacial score (nSPS) is 19.2. The van der Waals surface area contributed by atoms with E-state index in [1.54, 1.807) is 6.08 Å². The summed E-state index contributed by atoms with van der Waals surface area (Å²) in [5, 5.41) is 31.4. The van der Waals surface area contributed by atoms with E-state index in [0.29, 0.717) is 19.3 Å². The molecule has 12 heteroatoms. The molecule has 12 nitrogen and oxygen atoms in total. The molecule has 0 aromatic heterocycles. The molecule has 1 saturated heterocycles. The number of esters is 3. The second kappa shape index (κ2) is 49.7. The van der Waals surface area contributed by atoms with E-state index in [1.807, 2.05) is 18.2 Å². The number of hydrogen-bond donors (Lipinski definition) is 3. The van der Waals surface area contributed by atoms with Crippen molar-refractivity contribution in [3.63, 3.8) is 0 Å². The zero-order valence-electron chi connectivity index (χ0n) is 46.0. The van der Waals surface area contributed by atoms with E-state index in [4.69, 9.17) is 23.7 Å². The minimum atomic E-state index is -1.93. The Morgan fingerprint density at radius 2 is 0.880 bits per heavy atom. The van der Waals surface area contributed by atoms with E-state index in [2.05, 4.69) is 130 Å². The lowest BCUT2D eigenvalue weighted by atomic mass is 9.98. The van der Waals surface area contributed by atoms with Crippen molar-refractivity contribution in [1.82, 2.24) is 0 Å². The van der Waals surface area contributed by atoms with Gasteiger partial charge in [0.2, 0.25) is 0 Å².